The number of hydrogen-bond acceptors (Lipinski definition) is 0. The van der Waals surface area contributed by atoms with Gasteiger partial charge in [-0.05, 0) is 31.6 Å². The maximum Gasteiger partial charge on any atom is 0.00911 e. The van der Waals surface area contributed by atoms with Crippen LogP contribution in [-0.2, 0) is 0 Å². The zero-order valence-corrected chi connectivity index (χ0v) is 8.28. The van der Waals surface area contributed by atoms with Crippen molar-refractivity contribution in [2.75, 3.05) is 0 Å². The van der Waals surface area contributed by atoms with Crippen LogP contribution in [-0.4, -0.2) is 0 Å². The van der Waals surface area contributed by atoms with Gasteiger partial charge in [0.05, 0.1) is 0 Å². The molecule has 0 amide bonds. The van der Waals surface area contributed by atoms with Crippen molar-refractivity contribution in [2.24, 2.45) is 11.8 Å². The predicted octanol–water partition coefficient (Wildman–Crippen LogP) is 3.47. The van der Waals surface area contributed by atoms with Gasteiger partial charge < -0.3 is 0 Å². The van der Waals surface area contributed by atoms with E-state index in [0.29, 0.717) is 0 Å². The molecule has 64 valence electrons. The lowest BCUT2D eigenvalue weighted by atomic mass is 9.95. The Morgan fingerprint density at radius 2 is 1.82 bits per heavy atom. The lowest BCUT2D eigenvalue weighted by Gasteiger charge is -2.11. The molecule has 0 spiro atoms. The summed E-state index contributed by atoms with van der Waals surface area (Å²) in [5, 5.41) is 0. The van der Waals surface area contributed by atoms with Gasteiger partial charge in [0.25, 0.3) is 0 Å². The average molecular weight is 152 g/mol. The van der Waals surface area contributed by atoms with E-state index in [1.807, 2.05) is 6.92 Å². The molecular formula is C11H20. The van der Waals surface area contributed by atoms with E-state index < -0.39 is 0 Å². The van der Waals surface area contributed by atoms with Crippen LogP contribution in [0.2, 0.25) is 0 Å². The summed E-state index contributed by atoms with van der Waals surface area (Å²) in [6.07, 6.45) is 3.68. The van der Waals surface area contributed by atoms with E-state index in [9.17, 15) is 0 Å². The van der Waals surface area contributed by atoms with Crippen LogP contribution in [0, 0.1) is 23.7 Å². The standard InChI is InChI=1S/C11H20/c1-5-6-7-8-11(4)9-10(2)3/h10-11H,7-9H2,1-4H3. The molecule has 0 fully saturated rings. The Morgan fingerprint density at radius 3 is 2.27 bits per heavy atom. The molecule has 0 N–H and O–H groups in total. The minimum atomic E-state index is 0.833. The SMILES string of the molecule is CC#CCCC(C)CC(C)C. The smallest absolute Gasteiger partial charge is 0.00911 e. The minimum Gasteiger partial charge on any atom is -0.107 e. The van der Waals surface area contributed by atoms with E-state index >= 15 is 0 Å². The van der Waals surface area contributed by atoms with E-state index in [1.165, 1.54) is 12.8 Å². The summed E-state index contributed by atoms with van der Waals surface area (Å²) in [5.74, 6) is 7.71. The molecule has 1 atom stereocenters. The van der Waals surface area contributed by atoms with Crippen molar-refractivity contribution < 1.29 is 0 Å². The van der Waals surface area contributed by atoms with Gasteiger partial charge in [-0.3, -0.25) is 0 Å². The monoisotopic (exact) mass is 152 g/mol. The predicted molar refractivity (Wildman–Crippen MR) is 51.3 cm³/mol. The van der Waals surface area contributed by atoms with Gasteiger partial charge in [-0.2, -0.15) is 0 Å². The van der Waals surface area contributed by atoms with E-state index in [1.54, 1.807) is 0 Å². The molecule has 0 aromatic heterocycles. The molecule has 0 aromatic rings. The van der Waals surface area contributed by atoms with Gasteiger partial charge in [-0.15, -0.1) is 11.8 Å². The zero-order chi connectivity index (χ0) is 8.69. The molecule has 11 heavy (non-hydrogen) atoms. The van der Waals surface area contributed by atoms with Crippen LogP contribution in [0.5, 0.6) is 0 Å². The summed E-state index contributed by atoms with van der Waals surface area (Å²) in [6.45, 7) is 8.79. The van der Waals surface area contributed by atoms with E-state index in [-0.39, 0.29) is 0 Å². The third-order valence-corrected chi connectivity index (χ3v) is 1.81. The normalized spacial score (nSPS) is 12.5. The van der Waals surface area contributed by atoms with Crippen molar-refractivity contribution >= 4 is 0 Å². The van der Waals surface area contributed by atoms with Gasteiger partial charge in [0.15, 0.2) is 0 Å². The largest absolute Gasteiger partial charge is 0.107 e. The summed E-state index contributed by atoms with van der Waals surface area (Å²) < 4.78 is 0. The molecular weight excluding hydrogens is 132 g/mol. The van der Waals surface area contributed by atoms with E-state index in [0.717, 1.165) is 18.3 Å². The van der Waals surface area contributed by atoms with Crippen molar-refractivity contribution in [1.82, 2.24) is 0 Å². The number of rotatable bonds is 4. The summed E-state index contributed by atoms with van der Waals surface area (Å²) in [6, 6.07) is 0. The molecule has 0 bridgehead atoms. The first-order valence-electron chi connectivity index (χ1n) is 4.56. The fourth-order valence-corrected chi connectivity index (χ4v) is 1.37. The molecule has 0 heterocycles. The molecule has 0 aliphatic carbocycles. The Kier molecular flexibility index (Phi) is 6.03. The summed E-state index contributed by atoms with van der Waals surface area (Å²) in [5.41, 5.74) is 0. The molecule has 0 aliphatic heterocycles. The van der Waals surface area contributed by atoms with E-state index in [2.05, 4.69) is 32.6 Å². The second-order valence-electron chi connectivity index (χ2n) is 3.70. The quantitative estimate of drug-likeness (QED) is 0.541. The van der Waals surface area contributed by atoms with Crippen LogP contribution >= 0.6 is 0 Å². The van der Waals surface area contributed by atoms with Gasteiger partial charge >= 0.3 is 0 Å². The highest BCUT2D eigenvalue weighted by Crippen LogP contribution is 2.15. The summed E-state index contributed by atoms with van der Waals surface area (Å²) in [7, 11) is 0. The molecule has 0 saturated heterocycles. The molecule has 0 saturated carbocycles. The first kappa shape index (κ1) is 10.6. The summed E-state index contributed by atoms with van der Waals surface area (Å²) >= 11 is 0. The summed E-state index contributed by atoms with van der Waals surface area (Å²) in [4.78, 5) is 0. The Bertz CT molecular complexity index is 134. The van der Waals surface area contributed by atoms with Crippen molar-refractivity contribution in [2.45, 2.75) is 47.0 Å². The van der Waals surface area contributed by atoms with Crippen LogP contribution in [0.4, 0.5) is 0 Å². The van der Waals surface area contributed by atoms with Crippen LogP contribution in [0.25, 0.3) is 0 Å². The fourth-order valence-electron chi connectivity index (χ4n) is 1.37. The maximum absolute atomic E-state index is 3.10. The molecule has 0 aliphatic rings. The highest BCUT2D eigenvalue weighted by molar-refractivity contribution is 4.94. The zero-order valence-electron chi connectivity index (χ0n) is 8.28. The molecule has 0 rings (SSSR count). The van der Waals surface area contributed by atoms with Crippen LogP contribution < -0.4 is 0 Å². The average Bonchev–Trinajstić information content (AvgIpc) is 1.86. The fraction of sp³-hybridized carbons (Fsp3) is 0.818. The molecule has 1 unspecified atom stereocenters. The molecule has 0 radical (unpaired) electrons. The van der Waals surface area contributed by atoms with Crippen LogP contribution in [0.3, 0.4) is 0 Å². The van der Waals surface area contributed by atoms with Gasteiger partial charge in [0.2, 0.25) is 0 Å². The first-order valence-corrected chi connectivity index (χ1v) is 4.56. The third-order valence-electron chi connectivity index (χ3n) is 1.81. The highest BCUT2D eigenvalue weighted by Gasteiger charge is 2.02. The Morgan fingerprint density at radius 1 is 1.18 bits per heavy atom. The van der Waals surface area contributed by atoms with Gasteiger partial charge in [0, 0.05) is 6.42 Å². The lowest BCUT2D eigenvalue weighted by Crippen LogP contribution is -1.99. The second kappa shape index (κ2) is 6.28. The Hall–Kier alpha value is -0.440. The lowest BCUT2D eigenvalue weighted by molar-refractivity contribution is 0.419. The van der Waals surface area contributed by atoms with Gasteiger partial charge in [-0.1, -0.05) is 20.8 Å². The topological polar surface area (TPSA) is 0 Å². The van der Waals surface area contributed by atoms with Crippen molar-refractivity contribution in [3.8, 4) is 11.8 Å². The maximum atomic E-state index is 3.10. The highest BCUT2D eigenvalue weighted by atomic mass is 14.1. The van der Waals surface area contributed by atoms with E-state index in [4.69, 9.17) is 0 Å². The van der Waals surface area contributed by atoms with Gasteiger partial charge in [0.1, 0.15) is 0 Å². The first-order chi connectivity index (χ1) is 5.16. The van der Waals surface area contributed by atoms with Crippen LogP contribution in [0.15, 0.2) is 0 Å². The molecule has 0 heteroatoms. The van der Waals surface area contributed by atoms with Crippen molar-refractivity contribution in [1.29, 1.82) is 0 Å². The van der Waals surface area contributed by atoms with Crippen molar-refractivity contribution in [3.05, 3.63) is 0 Å². The minimum absolute atomic E-state index is 0.833. The molecule has 0 aromatic carbocycles. The van der Waals surface area contributed by atoms with Gasteiger partial charge in [-0.25, -0.2) is 0 Å². The van der Waals surface area contributed by atoms with Crippen LogP contribution in [0.1, 0.15) is 47.0 Å². The molecule has 0 nitrogen and oxygen atoms in total. The third kappa shape index (κ3) is 7.46. The van der Waals surface area contributed by atoms with Crippen molar-refractivity contribution in [3.63, 3.8) is 0 Å². The Labute approximate surface area is 71.4 Å². The second-order valence-corrected chi connectivity index (χ2v) is 3.70. The Balaban J connectivity index is 3.34. The number of hydrogen-bond donors (Lipinski definition) is 0.